The Morgan fingerprint density at radius 1 is 1.25 bits per heavy atom. The Bertz CT molecular complexity index is 235. The Balaban J connectivity index is 2.58. The van der Waals surface area contributed by atoms with Crippen LogP contribution < -0.4 is 4.52 Å². The van der Waals surface area contributed by atoms with E-state index in [1.54, 1.807) is 12.1 Å². The van der Waals surface area contributed by atoms with Crippen molar-refractivity contribution in [2.24, 2.45) is 0 Å². The zero-order valence-electron chi connectivity index (χ0n) is 7.02. The van der Waals surface area contributed by atoms with Crippen molar-refractivity contribution in [3.8, 4) is 5.75 Å². The van der Waals surface area contributed by atoms with Crippen LogP contribution in [0.4, 0.5) is 0 Å². The number of aryl methyl sites for hydroxylation is 1. The molecular weight excluding hydrogens is 175 g/mol. The van der Waals surface area contributed by atoms with Crippen LogP contribution in [-0.4, -0.2) is 12.0 Å². The number of benzene rings is 1. The summed E-state index contributed by atoms with van der Waals surface area (Å²) in [6.07, 6.45) is 0. The van der Waals surface area contributed by atoms with Crippen molar-refractivity contribution in [2.75, 3.05) is 7.11 Å². The van der Waals surface area contributed by atoms with Gasteiger partial charge in [0.2, 0.25) is 0 Å². The Hall–Kier alpha value is -0.630. The Labute approximate surface area is 72.9 Å². The number of rotatable bonds is 3. The summed E-state index contributed by atoms with van der Waals surface area (Å²) in [6.45, 7) is 1.99. The fourth-order valence-electron chi connectivity index (χ4n) is 0.727. The van der Waals surface area contributed by atoms with Gasteiger partial charge in [0.05, 0.1) is 0 Å². The molecule has 0 fully saturated rings. The van der Waals surface area contributed by atoms with Gasteiger partial charge in [-0.15, -0.1) is 0 Å². The van der Waals surface area contributed by atoms with E-state index < -0.39 is 8.60 Å². The second-order valence-electron chi connectivity index (χ2n) is 2.32. The van der Waals surface area contributed by atoms with E-state index in [1.807, 2.05) is 19.1 Å². The molecule has 3 nitrogen and oxygen atoms in total. The molecule has 1 rings (SSSR count). The quantitative estimate of drug-likeness (QED) is 0.735. The van der Waals surface area contributed by atoms with E-state index in [2.05, 4.69) is 4.52 Å². The Kier molecular flexibility index (Phi) is 3.48. The van der Waals surface area contributed by atoms with Crippen LogP contribution in [0.2, 0.25) is 0 Å². The van der Waals surface area contributed by atoms with Crippen LogP contribution in [0, 0.1) is 6.92 Å². The standard InChI is InChI=1S/C8H11O3P/c1-7-3-5-8(6-4-7)11-12(9)10-2/h3-6,9H,1-2H3. The van der Waals surface area contributed by atoms with E-state index in [4.69, 9.17) is 9.42 Å². The molecular formula is C8H11O3P. The summed E-state index contributed by atoms with van der Waals surface area (Å²) in [5.74, 6) is 0.621. The molecule has 0 aliphatic carbocycles. The molecule has 1 aromatic carbocycles. The molecule has 0 heterocycles. The van der Waals surface area contributed by atoms with Crippen LogP contribution in [0.3, 0.4) is 0 Å². The van der Waals surface area contributed by atoms with Gasteiger partial charge in [0.1, 0.15) is 5.75 Å². The van der Waals surface area contributed by atoms with Crippen molar-refractivity contribution in [1.29, 1.82) is 0 Å². The molecule has 1 unspecified atom stereocenters. The molecule has 0 radical (unpaired) electrons. The minimum Gasteiger partial charge on any atom is -0.427 e. The maximum Gasteiger partial charge on any atom is 0.394 e. The molecule has 0 bridgehead atoms. The normalized spacial score (nSPS) is 12.6. The number of hydrogen-bond acceptors (Lipinski definition) is 3. The van der Waals surface area contributed by atoms with E-state index in [0.717, 1.165) is 5.56 Å². The first kappa shape index (κ1) is 9.46. The van der Waals surface area contributed by atoms with E-state index in [0.29, 0.717) is 5.75 Å². The largest absolute Gasteiger partial charge is 0.427 e. The minimum atomic E-state index is -1.76. The summed E-state index contributed by atoms with van der Waals surface area (Å²) >= 11 is 0. The maximum atomic E-state index is 9.00. The van der Waals surface area contributed by atoms with Crippen molar-refractivity contribution in [3.05, 3.63) is 29.8 Å². The fourth-order valence-corrected chi connectivity index (χ4v) is 1.10. The zero-order chi connectivity index (χ0) is 8.97. The zero-order valence-corrected chi connectivity index (χ0v) is 7.91. The fraction of sp³-hybridized carbons (Fsp3) is 0.250. The van der Waals surface area contributed by atoms with Gasteiger partial charge in [-0.2, -0.15) is 0 Å². The molecule has 0 aromatic heterocycles. The molecule has 4 heteroatoms. The van der Waals surface area contributed by atoms with Crippen LogP contribution >= 0.6 is 8.60 Å². The van der Waals surface area contributed by atoms with Crippen molar-refractivity contribution < 1.29 is 13.9 Å². The lowest BCUT2D eigenvalue weighted by molar-refractivity contribution is 0.317. The van der Waals surface area contributed by atoms with Crippen LogP contribution in [-0.2, 0) is 4.52 Å². The van der Waals surface area contributed by atoms with Gasteiger partial charge in [-0.1, -0.05) is 17.7 Å². The lowest BCUT2D eigenvalue weighted by Crippen LogP contribution is -1.87. The highest BCUT2D eigenvalue weighted by Gasteiger charge is 2.04. The summed E-state index contributed by atoms with van der Waals surface area (Å²) in [5.41, 5.74) is 1.15. The van der Waals surface area contributed by atoms with Crippen molar-refractivity contribution in [2.45, 2.75) is 6.92 Å². The van der Waals surface area contributed by atoms with Crippen LogP contribution in [0.5, 0.6) is 5.75 Å². The van der Waals surface area contributed by atoms with Gasteiger partial charge in [-0.05, 0) is 19.1 Å². The second-order valence-corrected chi connectivity index (χ2v) is 3.35. The first-order chi connectivity index (χ1) is 5.72. The van der Waals surface area contributed by atoms with Gasteiger partial charge in [0.15, 0.2) is 0 Å². The summed E-state index contributed by atoms with van der Waals surface area (Å²) in [7, 11) is -0.362. The summed E-state index contributed by atoms with van der Waals surface area (Å²) < 4.78 is 9.60. The SMILES string of the molecule is COP(O)Oc1ccc(C)cc1. The van der Waals surface area contributed by atoms with Crippen LogP contribution in [0.15, 0.2) is 24.3 Å². The summed E-state index contributed by atoms with van der Waals surface area (Å²) in [6, 6.07) is 7.40. The predicted molar refractivity (Wildman–Crippen MR) is 48.0 cm³/mol. The van der Waals surface area contributed by atoms with Gasteiger partial charge in [0.25, 0.3) is 0 Å². The van der Waals surface area contributed by atoms with Crippen molar-refractivity contribution in [1.82, 2.24) is 0 Å². The molecule has 0 aliphatic rings. The van der Waals surface area contributed by atoms with Gasteiger partial charge in [-0.25, -0.2) is 0 Å². The Morgan fingerprint density at radius 3 is 2.33 bits per heavy atom. The van der Waals surface area contributed by atoms with Crippen molar-refractivity contribution in [3.63, 3.8) is 0 Å². The highest BCUT2D eigenvalue weighted by Crippen LogP contribution is 2.33. The monoisotopic (exact) mass is 186 g/mol. The average Bonchev–Trinajstić information content (AvgIpc) is 2.09. The molecule has 0 amide bonds. The van der Waals surface area contributed by atoms with Crippen molar-refractivity contribution >= 4 is 8.60 Å². The minimum absolute atomic E-state index is 0.621. The number of hydrogen-bond donors (Lipinski definition) is 1. The lowest BCUT2D eigenvalue weighted by atomic mass is 10.2. The third kappa shape index (κ3) is 2.78. The topological polar surface area (TPSA) is 38.7 Å². The molecule has 0 saturated heterocycles. The second kappa shape index (κ2) is 4.41. The molecule has 12 heavy (non-hydrogen) atoms. The molecule has 0 spiro atoms. The first-order valence-corrected chi connectivity index (χ1v) is 4.63. The molecule has 0 aliphatic heterocycles. The third-order valence-electron chi connectivity index (χ3n) is 1.36. The van der Waals surface area contributed by atoms with Gasteiger partial charge < -0.3 is 13.9 Å². The van der Waals surface area contributed by atoms with E-state index >= 15 is 0 Å². The van der Waals surface area contributed by atoms with E-state index in [-0.39, 0.29) is 0 Å². The molecule has 1 aromatic rings. The highest BCUT2D eigenvalue weighted by molar-refractivity contribution is 7.41. The highest BCUT2D eigenvalue weighted by atomic mass is 31.2. The van der Waals surface area contributed by atoms with E-state index in [1.165, 1.54) is 7.11 Å². The lowest BCUT2D eigenvalue weighted by Gasteiger charge is -2.08. The summed E-state index contributed by atoms with van der Waals surface area (Å²) in [5, 5.41) is 0. The Morgan fingerprint density at radius 2 is 1.83 bits per heavy atom. The predicted octanol–water partition coefficient (Wildman–Crippen LogP) is 2.24. The van der Waals surface area contributed by atoms with Crippen LogP contribution in [0.1, 0.15) is 5.56 Å². The van der Waals surface area contributed by atoms with E-state index in [9.17, 15) is 0 Å². The van der Waals surface area contributed by atoms with Gasteiger partial charge in [-0.3, -0.25) is 0 Å². The summed E-state index contributed by atoms with van der Waals surface area (Å²) in [4.78, 5) is 9.00. The molecule has 66 valence electrons. The van der Waals surface area contributed by atoms with Gasteiger partial charge in [0, 0.05) is 7.11 Å². The van der Waals surface area contributed by atoms with Crippen LogP contribution in [0.25, 0.3) is 0 Å². The third-order valence-corrected chi connectivity index (χ3v) is 2.04. The first-order valence-electron chi connectivity index (χ1n) is 3.50. The average molecular weight is 186 g/mol. The maximum absolute atomic E-state index is 9.00. The molecule has 0 saturated carbocycles. The molecule has 1 N–H and O–H groups in total. The molecule has 1 atom stereocenters. The smallest absolute Gasteiger partial charge is 0.394 e. The van der Waals surface area contributed by atoms with Gasteiger partial charge >= 0.3 is 8.60 Å².